The molecule has 4 rings (SSSR count). The van der Waals surface area contributed by atoms with E-state index in [0.717, 1.165) is 34.3 Å². The lowest BCUT2D eigenvalue weighted by Crippen LogP contribution is -2.17. The molecule has 0 saturated heterocycles. The molecule has 5 nitrogen and oxygen atoms in total. The van der Waals surface area contributed by atoms with Gasteiger partial charge in [0.15, 0.2) is 0 Å². The van der Waals surface area contributed by atoms with Gasteiger partial charge in [-0.05, 0) is 36.8 Å². The zero-order chi connectivity index (χ0) is 19.2. The van der Waals surface area contributed by atoms with Gasteiger partial charge in [0.05, 0.1) is 22.9 Å². The molecule has 1 N–H and O–H groups in total. The maximum atomic E-state index is 5.76. The van der Waals surface area contributed by atoms with Crippen molar-refractivity contribution in [1.82, 2.24) is 20.3 Å². The number of hydrogen-bond donors (Lipinski definition) is 1. The number of aromatic nitrogens is 3. The molecule has 0 aliphatic heterocycles. The highest BCUT2D eigenvalue weighted by atomic mass is 32.1. The largest absolute Gasteiger partial charge is 0.487 e. The van der Waals surface area contributed by atoms with Crippen molar-refractivity contribution in [2.75, 3.05) is 0 Å². The minimum absolute atomic E-state index is 0.177. The maximum absolute atomic E-state index is 5.76. The lowest BCUT2D eigenvalue weighted by molar-refractivity contribution is 0.302. The second-order valence-electron chi connectivity index (χ2n) is 6.33. The van der Waals surface area contributed by atoms with E-state index in [0.29, 0.717) is 6.61 Å². The van der Waals surface area contributed by atoms with Crippen molar-refractivity contribution in [3.63, 3.8) is 0 Å². The average molecular weight is 409 g/mol. The van der Waals surface area contributed by atoms with Gasteiger partial charge in [0.2, 0.25) is 0 Å². The summed E-state index contributed by atoms with van der Waals surface area (Å²) in [6.45, 7) is 3.41. The predicted octanol–water partition coefficient (Wildman–Crippen LogP) is 5.09. The minimum atomic E-state index is 0.177. The number of ether oxygens (including phenoxy) is 1. The van der Waals surface area contributed by atoms with Crippen LogP contribution < -0.4 is 10.1 Å². The molecule has 7 heteroatoms. The molecule has 0 bridgehead atoms. The fourth-order valence-corrected chi connectivity index (χ4v) is 4.06. The van der Waals surface area contributed by atoms with Gasteiger partial charge in [-0.1, -0.05) is 12.1 Å². The highest BCUT2D eigenvalue weighted by Crippen LogP contribution is 2.25. The molecule has 0 aliphatic carbocycles. The van der Waals surface area contributed by atoms with Crippen LogP contribution in [-0.4, -0.2) is 15.0 Å². The van der Waals surface area contributed by atoms with Crippen molar-refractivity contribution >= 4 is 22.7 Å². The Morgan fingerprint density at radius 3 is 2.79 bits per heavy atom. The molecule has 0 aliphatic rings. The molecule has 0 radical (unpaired) electrons. The predicted molar refractivity (Wildman–Crippen MR) is 113 cm³/mol. The van der Waals surface area contributed by atoms with Crippen molar-refractivity contribution in [2.45, 2.75) is 26.1 Å². The van der Waals surface area contributed by atoms with Crippen LogP contribution in [0.5, 0.6) is 5.75 Å². The average Bonchev–Trinajstić information content (AvgIpc) is 3.44. The molecule has 3 aromatic heterocycles. The fraction of sp³-hybridized carbons (Fsp3) is 0.190. The number of benzene rings is 1. The Kier molecular flexibility index (Phi) is 6.06. The summed E-state index contributed by atoms with van der Waals surface area (Å²) in [6.07, 6.45) is 3.62. The van der Waals surface area contributed by atoms with Crippen LogP contribution in [0.3, 0.4) is 0 Å². The van der Waals surface area contributed by atoms with Gasteiger partial charge in [-0.15, -0.1) is 22.7 Å². The Hall–Kier alpha value is -2.61. The molecule has 0 unspecified atom stereocenters. The van der Waals surface area contributed by atoms with Gasteiger partial charge in [-0.2, -0.15) is 0 Å². The smallest absolute Gasteiger partial charge is 0.131 e. The number of rotatable bonds is 8. The van der Waals surface area contributed by atoms with E-state index in [4.69, 9.17) is 9.72 Å². The molecular formula is C21H20N4OS2. The normalized spacial score (nSPS) is 12.0. The van der Waals surface area contributed by atoms with Crippen LogP contribution in [-0.2, 0) is 13.2 Å². The summed E-state index contributed by atoms with van der Waals surface area (Å²) in [4.78, 5) is 13.1. The van der Waals surface area contributed by atoms with E-state index in [1.54, 1.807) is 28.9 Å². The molecule has 4 aromatic rings. The Balaban J connectivity index is 1.30. The van der Waals surface area contributed by atoms with Crippen LogP contribution in [0.4, 0.5) is 0 Å². The van der Waals surface area contributed by atoms with Gasteiger partial charge in [-0.25, -0.2) is 9.97 Å². The summed E-state index contributed by atoms with van der Waals surface area (Å²) in [5, 5.41) is 8.69. The first kappa shape index (κ1) is 18.7. The van der Waals surface area contributed by atoms with E-state index in [-0.39, 0.29) is 6.04 Å². The van der Waals surface area contributed by atoms with E-state index in [1.165, 1.54) is 5.56 Å². The summed E-state index contributed by atoms with van der Waals surface area (Å²) < 4.78 is 5.76. The fourth-order valence-electron chi connectivity index (χ4n) is 2.66. The van der Waals surface area contributed by atoms with Crippen LogP contribution in [0.2, 0.25) is 0 Å². The molecular weight excluding hydrogens is 388 g/mol. The number of nitrogens with one attached hydrogen (secondary N) is 1. The van der Waals surface area contributed by atoms with Gasteiger partial charge in [-0.3, -0.25) is 4.98 Å². The quantitative estimate of drug-likeness (QED) is 0.440. The SMILES string of the molecule is C[C@@H](NCc1ccc(OCc2cscn2)cc1)c1nc(-c2cccnc2)cs1. The van der Waals surface area contributed by atoms with Gasteiger partial charge in [0, 0.05) is 35.3 Å². The zero-order valence-corrected chi connectivity index (χ0v) is 17.0. The molecule has 1 atom stereocenters. The third kappa shape index (κ3) is 4.81. The second-order valence-corrected chi connectivity index (χ2v) is 7.94. The van der Waals surface area contributed by atoms with E-state index in [1.807, 2.05) is 41.4 Å². The molecule has 0 spiro atoms. The molecule has 1 aromatic carbocycles. The van der Waals surface area contributed by atoms with Crippen LogP contribution >= 0.6 is 22.7 Å². The van der Waals surface area contributed by atoms with Crippen molar-refractivity contribution in [1.29, 1.82) is 0 Å². The van der Waals surface area contributed by atoms with Crippen LogP contribution in [0.15, 0.2) is 65.1 Å². The highest BCUT2D eigenvalue weighted by Gasteiger charge is 2.11. The first-order valence-corrected chi connectivity index (χ1v) is 10.8. The molecule has 142 valence electrons. The van der Waals surface area contributed by atoms with Gasteiger partial charge >= 0.3 is 0 Å². The molecule has 0 saturated carbocycles. The Labute approximate surface area is 172 Å². The summed E-state index contributed by atoms with van der Waals surface area (Å²) in [5.74, 6) is 0.853. The molecule has 28 heavy (non-hydrogen) atoms. The number of hydrogen-bond acceptors (Lipinski definition) is 7. The van der Waals surface area contributed by atoms with Gasteiger partial charge in [0.25, 0.3) is 0 Å². The number of thiazole rings is 2. The van der Waals surface area contributed by atoms with E-state index < -0.39 is 0 Å². The molecule has 0 amide bonds. The first-order valence-electron chi connectivity index (χ1n) is 8.96. The standard InChI is InChI=1S/C21H20N4OS2/c1-15(21-25-20(13-28-21)17-3-2-8-22-10-17)23-9-16-4-6-19(7-5-16)26-11-18-12-27-14-24-18/h2-8,10,12-15,23H,9,11H2,1H3/t15-/m1/s1. The van der Waals surface area contributed by atoms with Crippen molar-refractivity contribution in [3.05, 3.63) is 81.3 Å². The van der Waals surface area contributed by atoms with Crippen LogP contribution in [0, 0.1) is 0 Å². The van der Waals surface area contributed by atoms with E-state index >= 15 is 0 Å². The third-order valence-corrected chi connectivity index (χ3v) is 5.92. The molecule has 0 fully saturated rings. The summed E-state index contributed by atoms with van der Waals surface area (Å²) in [6, 6.07) is 12.3. The Morgan fingerprint density at radius 1 is 1.14 bits per heavy atom. The lowest BCUT2D eigenvalue weighted by Gasteiger charge is -2.12. The summed E-state index contributed by atoms with van der Waals surface area (Å²) in [5.41, 5.74) is 6.00. The van der Waals surface area contributed by atoms with Crippen molar-refractivity contribution < 1.29 is 4.74 Å². The third-order valence-electron chi connectivity index (χ3n) is 4.26. The van der Waals surface area contributed by atoms with Gasteiger partial charge in [0.1, 0.15) is 17.4 Å². The van der Waals surface area contributed by atoms with Crippen molar-refractivity contribution in [3.8, 4) is 17.0 Å². The van der Waals surface area contributed by atoms with Crippen molar-refractivity contribution in [2.24, 2.45) is 0 Å². The van der Waals surface area contributed by atoms with E-state index in [2.05, 4.69) is 39.7 Å². The summed E-state index contributed by atoms with van der Waals surface area (Å²) >= 11 is 3.25. The Bertz CT molecular complexity index is 985. The number of pyridine rings is 1. The minimum Gasteiger partial charge on any atom is -0.487 e. The topological polar surface area (TPSA) is 59.9 Å². The monoisotopic (exact) mass is 408 g/mol. The number of nitrogens with zero attached hydrogens (tertiary/aromatic N) is 3. The van der Waals surface area contributed by atoms with E-state index in [9.17, 15) is 0 Å². The maximum Gasteiger partial charge on any atom is 0.131 e. The van der Waals surface area contributed by atoms with Gasteiger partial charge < -0.3 is 10.1 Å². The van der Waals surface area contributed by atoms with Crippen LogP contribution in [0.25, 0.3) is 11.3 Å². The lowest BCUT2D eigenvalue weighted by atomic mass is 10.2. The first-order chi connectivity index (χ1) is 13.8. The molecule has 3 heterocycles. The Morgan fingerprint density at radius 2 is 2.04 bits per heavy atom. The van der Waals surface area contributed by atoms with Crippen LogP contribution in [0.1, 0.15) is 29.2 Å². The second kappa shape index (κ2) is 9.05. The summed E-state index contributed by atoms with van der Waals surface area (Å²) in [7, 11) is 0. The highest BCUT2D eigenvalue weighted by molar-refractivity contribution is 7.10. The zero-order valence-electron chi connectivity index (χ0n) is 15.4.